The van der Waals surface area contributed by atoms with Gasteiger partial charge in [-0.25, -0.2) is 0 Å². The molecule has 0 spiro atoms. The van der Waals surface area contributed by atoms with Crippen LogP contribution in [-0.4, -0.2) is 36.9 Å². The van der Waals surface area contributed by atoms with E-state index in [9.17, 15) is 14.4 Å². The van der Waals surface area contributed by atoms with Crippen molar-refractivity contribution >= 4 is 17.7 Å². The summed E-state index contributed by atoms with van der Waals surface area (Å²) in [4.78, 5) is 36.4. The molecule has 7 heteroatoms. The predicted octanol–water partition coefficient (Wildman–Crippen LogP) is 1.51. The van der Waals surface area contributed by atoms with Gasteiger partial charge in [0, 0.05) is 25.4 Å². The molecule has 144 valence electrons. The van der Waals surface area contributed by atoms with Crippen molar-refractivity contribution in [3.05, 3.63) is 60.1 Å². The molecule has 7 nitrogen and oxygen atoms in total. The third kappa shape index (κ3) is 6.62. The van der Waals surface area contributed by atoms with Crippen molar-refractivity contribution < 1.29 is 18.8 Å². The summed E-state index contributed by atoms with van der Waals surface area (Å²) in [6.45, 7) is 4.20. The van der Waals surface area contributed by atoms with Gasteiger partial charge in [0.1, 0.15) is 6.04 Å². The van der Waals surface area contributed by atoms with E-state index in [1.165, 1.54) is 12.3 Å². The number of carbonyl (C=O) groups is 3. The van der Waals surface area contributed by atoms with Crippen molar-refractivity contribution in [1.82, 2.24) is 16.0 Å². The molecule has 0 aliphatic carbocycles. The summed E-state index contributed by atoms with van der Waals surface area (Å²) in [7, 11) is 0. The molecule has 3 amide bonds. The second-order valence-corrected chi connectivity index (χ2v) is 6.43. The normalized spacial score (nSPS) is 11.7. The molecular weight excluding hydrogens is 346 g/mol. The van der Waals surface area contributed by atoms with Crippen LogP contribution in [0.3, 0.4) is 0 Å². The Hall–Kier alpha value is -3.09. The zero-order chi connectivity index (χ0) is 19.6. The topological polar surface area (TPSA) is 100 Å². The van der Waals surface area contributed by atoms with Gasteiger partial charge in [-0.2, -0.15) is 0 Å². The van der Waals surface area contributed by atoms with Gasteiger partial charge in [0.05, 0.1) is 6.26 Å². The van der Waals surface area contributed by atoms with Crippen LogP contribution in [0.15, 0.2) is 53.1 Å². The Labute approximate surface area is 158 Å². The number of amides is 3. The molecular formula is C20H25N3O4. The van der Waals surface area contributed by atoms with Crippen LogP contribution < -0.4 is 16.0 Å². The van der Waals surface area contributed by atoms with Crippen LogP contribution in [0.4, 0.5) is 0 Å². The van der Waals surface area contributed by atoms with E-state index in [0.717, 1.165) is 5.56 Å². The maximum atomic E-state index is 12.6. The number of hydrogen-bond acceptors (Lipinski definition) is 4. The van der Waals surface area contributed by atoms with Crippen molar-refractivity contribution in [3.8, 4) is 0 Å². The first-order valence-corrected chi connectivity index (χ1v) is 8.91. The highest BCUT2D eigenvalue weighted by molar-refractivity contribution is 5.95. The van der Waals surface area contributed by atoms with Crippen molar-refractivity contribution in [2.75, 3.05) is 13.1 Å². The van der Waals surface area contributed by atoms with Gasteiger partial charge >= 0.3 is 0 Å². The van der Waals surface area contributed by atoms with Crippen LogP contribution in [0.25, 0.3) is 0 Å². The molecule has 1 heterocycles. The first kappa shape index (κ1) is 20.2. The average Bonchev–Trinajstić information content (AvgIpc) is 3.20. The first-order chi connectivity index (χ1) is 13.0. The Balaban J connectivity index is 1.94. The second-order valence-electron chi connectivity index (χ2n) is 6.43. The Morgan fingerprint density at radius 2 is 1.59 bits per heavy atom. The summed E-state index contributed by atoms with van der Waals surface area (Å²) in [6, 6.07) is 11.8. The van der Waals surface area contributed by atoms with E-state index in [0.29, 0.717) is 13.0 Å². The van der Waals surface area contributed by atoms with Crippen molar-refractivity contribution in [1.29, 1.82) is 0 Å². The molecule has 0 radical (unpaired) electrons. The van der Waals surface area contributed by atoms with Crippen LogP contribution in [0.5, 0.6) is 0 Å². The molecule has 0 bridgehead atoms. The Kier molecular flexibility index (Phi) is 7.61. The molecule has 1 aromatic carbocycles. The van der Waals surface area contributed by atoms with Gasteiger partial charge < -0.3 is 20.4 Å². The quantitative estimate of drug-likeness (QED) is 0.582. The number of rotatable bonds is 9. The SMILES string of the molecule is CC(C)C(=O)NCCNC(=O)[C@H](Cc1ccccc1)NC(=O)c1ccco1. The number of hydrogen-bond donors (Lipinski definition) is 3. The van der Waals surface area contributed by atoms with Gasteiger partial charge in [-0.1, -0.05) is 44.2 Å². The van der Waals surface area contributed by atoms with Crippen LogP contribution in [0, 0.1) is 5.92 Å². The highest BCUT2D eigenvalue weighted by atomic mass is 16.3. The fourth-order valence-electron chi connectivity index (χ4n) is 2.39. The summed E-state index contributed by atoms with van der Waals surface area (Å²) < 4.78 is 5.08. The van der Waals surface area contributed by atoms with Crippen LogP contribution in [0.2, 0.25) is 0 Å². The lowest BCUT2D eigenvalue weighted by atomic mass is 10.1. The minimum atomic E-state index is -0.759. The number of benzene rings is 1. The van der Waals surface area contributed by atoms with Gasteiger partial charge in [0.15, 0.2) is 5.76 Å². The lowest BCUT2D eigenvalue weighted by Crippen LogP contribution is -2.49. The monoisotopic (exact) mass is 371 g/mol. The molecule has 0 saturated heterocycles. The third-order valence-electron chi connectivity index (χ3n) is 3.90. The fraction of sp³-hybridized carbons (Fsp3) is 0.350. The smallest absolute Gasteiger partial charge is 0.287 e. The lowest BCUT2D eigenvalue weighted by molar-refractivity contribution is -0.125. The molecule has 0 aliphatic heterocycles. The minimum Gasteiger partial charge on any atom is -0.459 e. The first-order valence-electron chi connectivity index (χ1n) is 8.91. The third-order valence-corrected chi connectivity index (χ3v) is 3.90. The number of furan rings is 1. The molecule has 1 aromatic heterocycles. The molecule has 27 heavy (non-hydrogen) atoms. The van der Waals surface area contributed by atoms with Gasteiger partial charge in [0.25, 0.3) is 5.91 Å². The molecule has 2 aromatic rings. The number of nitrogens with one attached hydrogen (secondary N) is 3. The van der Waals surface area contributed by atoms with E-state index in [4.69, 9.17) is 4.42 Å². The van der Waals surface area contributed by atoms with Crippen LogP contribution in [-0.2, 0) is 16.0 Å². The Bertz CT molecular complexity index is 742. The van der Waals surface area contributed by atoms with E-state index in [2.05, 4.69) is 16.0 Å². The molecule has 0 fully saturated rings. The van der Waals surface area contributed by atoms with Crippen molar-refractivity contribution in [2.45, 2.75) is 26.3 Å². The van der Waals surface area contributed by atoms with Crippen LogP contribution in [0.1, 0.15) is 30.0 Å². The van der Waals surface area contributed by atoms with Gasteiger partial charge in [-0.05, 0) is 17.7 Å². The Morgan fingerprint density at radius 3 is 2.19 bits per heavy atom. The molecule has 1 atom stereocenters. The van der Waals surface area contributed by atoms with Crippen LogP contribution >= 0.6 is 0 Å². The summed E-state index contributed by atoms with van der Waals surface area (Å²) in [5, 5.41) is 8.19. The molecule has 2 rings (SSSR count). The van der Waals surface area contributed by atoms with E-state index in [1.807, 2.05) is 30.3 Å². The van der Waals surface area contributed by atoms with Gasteiger partial charge in [0.2, 0.25) is 11.8 Å². The highest BCUT2D eigenvalue weighted by Gasteiger charge is 2.22. The summed E-state index contributed by atoms with van der Waals surface area (Å²) >= 11 is 0. The summed E-state index contributed by atoms with van der Waals surface area (Å²) in [6.07, 6.45) is 1.75. The maximum absolute atomic E-state index is 12.6. The highest BCUT2D eigenvalue weighted by Crippen LogP contribution is 2.06. The summed E-state index contributed by atoms with van der Waals surface area (Å²) in [5.41, 5.74) is 0.922. The average molecular weight is 371 g/mol. The molecule has 3 N–H and O–H groups in total. The van der Waals surface area contributed by atoms with Crippen molar-refractivity contribution in [3.63, 3.8) is 0 Å². The molecule has 0 unspecified atom stereocenters. The standard InChI is InChI=1S/C20H25N3O4/c1-14(2)18(24)21-10-11-22-19(25)16(13-15-7-4-3-5-8-15)23-20(26)17-9-6-12-27-17/h3-9,12,14,16H,10-11,13H2,1-2H3,(H,21,24)(H,22,25)(H,23,26)/t16-/m0/s1. The fourth-order valence-corrected chi connectivity index (χ4v) is 2.39. The minimum absolute atomic E-state index is 0.0730. The Morgan fingerprint density at radius 1 is 0.926 bits per heavy atom. The second kappa shape index (κ2) is 10.2. The van der Waals surface area contributed by atoms with E-state index >= 15 is 0 Å². The van der Waals surface area contributed by atoms with E-state index in [1.54, 1.807) is 19.9 Å². The largest absolute Gasteiger partial charge is 0.459 e. The van der Waals surface area contributed by atoms with Crippen molar-refractivity contribution in [2.24, 2.45) is 5.92 Å². The van der Waals surface area contributed by atoms with E-state index in [-0.39, 0.29) is 30.0 Å². The van der Waals surface area contributed by atoms with E-state index < -0.39 is 11.9 Å². The van der Waals surface area contributed by atoms with Gasteiger partial charge in [-0.15, -0.1) is 0 Å². The molecule has 0 saturated carbocycles. The zero-order valence-corrected chi connectivity index (χ0v) is 15.5. The zero-order valence-electron chi connectivity index (χ0n) is 15.5. The summed E-state index contributed by atoms with van der Waals surface area (Å²) in [5.74, 6) is -0.817. The lowest BCUT2D eigenvalue weighted by Gasteiger charge is -2.18. The molecule has 0 aliphatic rings. The predicted molar refractivity (Wildman–Crippen MR) is 101 cm³/mol. The van der Waals surface area contributed by atoms with Gasteiger partial charge in [-0.3, -0.25) is 14.4 Å². The number of carbonyl (C=O) groups excluding carboxylic acids is 3. The maximum Gasteiger partial charge on any atom is 0.287 e.